The van der Waals surface area contributed by atoms with E-state index in [1.165, 1.54) is 0 Å². The molecule has 0 unspecified atom stereocenters. The van der Waals surface area contributed by atoms with Gasteiger partial charge >= 0.3 is 5.69 Å². The van der Waals surface area contributed by atoms with Gasteiger partial charge in [0.1, 0.15) is 5.82 Å². The summed E-state index contributed by atoms with van der Waals surface area (Å²) in [5, 5.41) is 13.7. The molecule has 2 aromatic carbocycles. The van der Waals surface area contributed by atoms with Crippen molar-refractivity contribution in [3.8, 4) is 0 Å². The van der Waals surface area contributed by atoms with Crippen molar-refractivity contribution in [1.29, 1.82) is 0 Å². The molecule has 0 atom stereocenters. The third kappa shape index (κ3) is 3.34. The second-order valence-corrected chi connectivity index (χ2v) is 4.82. The predicted octanol–water partition coefficient (Wildman–Crippen LogP) is 4.10. The Morgan fingerprint density at radius 2 is 1.86 bits per heavy atom. The lowest BCUT2D eigenvalue weighted by Crippen LogP contribution is -2.05. The molecule has 0 bridgehead atoms. The highest BCUT2D eigenvalue weighted by atomic mass is 19.1. The molecule has 1 N–H and O–H groups in total. The van der Waals surface area contributed by atoms with Crippen LogP contribution < -0.4 is 5.32 Å². The standard InChI is InChI=1S/C15H14F2N2O2/c1-9-3-4-10(2)14(5-9)18-8-11-6-15(19(20)21)13(17)7-12(11)16/h3-7,18H,8H2,1-2H3. The van der Waals surface area contributed by atoms with Crippen molar-refractivity contribution < 1.29 is 13.7 Å². The van der Waals surface area contributed by atoms with Crippen LogP contribution >= 0.6 is 0 Å². The fourth-order valence-corrected chi connectivity index (χ4v) is 1.97. The second-order valence-electron chi connectivity index (χ2n) is 4.82. The Hall–Kier alpha value is -2.50. The van der Waals surface area contributed by atoms with Gasteiger partial charge in [-0.1, -0.05) is 12.1 Å². The summed E-state index contributed by atoms with van der Waals surface area (Å²) < 4.78 is 26.9. The number of nitrogens with zero attached hydrogens (tertiary/aromatic N) is 1. The molecule has 21 heavy (non-hydrogen) atoms. The van der Waals surface area contributed by atoms with Gasteiger partial charge in [-0.15, -0.1) is 0 Å². The molecule has 0 amide bonds. The van der Waals surface area contributed by atoms with Crippen LogP contribution in [-0.2, 0) is 6.54 Å². The van der Waals surface area contributed by atoms with Crippen LogP contribution in [0.2, 0.25) is 0 Å². The van der Waals surface area contributed by atoms with Crippen LogP contribution in [0.15, 0.2) is 30.3 Å². The summed E-state index contributed by atoms with van der Waals surface area (Å²) in [6.07, 6.45) is 0. The van der Waals surface area contributed by atoms with Gasteiger partial charge in [0.25, 0.3) is 0 Å². The molecule has 0 aliphatic rings. The minimum absolute atomic E-state index is 0.0389. The molecule has 0 fully saturated rings. The van der Waals surface area contributed by atoms with Gasteiger partial charge in [-0.05, 0) is 31.0 Å². The van der Waals surface area contributed by atoms with Crippen LogP contribution in [0.25, 0.3) is 0 Å². The first-order valence-electron chi connectivity index (χ1n) is 6.32. The van der Waals surface area contributed by atoms with Crippen LogP contribution in [0.1, 0.15) is 16.7 Å². The van der Waals surface area contributed by atoms with Crippen molar-refractivity contribution in [2.24, 2.45) is 0 Å². The molecule has 2 rings (SSSR count). The van der Waals surface area contributed by atoms with Gasteiger partial charge in [0.15, 0.2) is 0 Å². The van der Waals surface area contributed by atoms with Gasteiger partial charge in [0.05, 0.1) is 4.92 Å². The Bertz CT molecular complexity index is 702. The molecular weight excluding hydrogens is 278 g/mol. The SMILES string of the molecule is Cc1ccc(C)c(NCc2cc([N+](=O)[O-])c(F)cc2F)c1. The summed E-state index contributed by atoms with van der Waals surface area (Å²) in [6.45, 7) is 3.86. The molecule has 0 spiro atoms. The van der Waals surface area contributed by atoms with E-state index >= 15 is 0 Å². The smallest absolute Gasteiger partial charge is 0.305 e. The van der Waals surface area contributed by atoms with Crippen LogP contribution in [0, 0.1) is 35.6 Å². The van der Waals surface area contributed by atoms with Crippen molar-refractivity contribution >= 4 is 11.4 Å². The Labute approximate surface area is 120 Å². The number of nitro benzene ring substituents is 1. The van der Waals surface area contributed by atoms with Gasteiger partial charge in [-0.3, -0.25) is 10.1 Å². The number of nitrogens with one attached hydrogen (secondary N) is 1. The first-order valence-corrected chi connectivity index (χ1v) is 6.32. The lowest BCUT2D eigenvalue weighted by molar-refractivity contribution is -0.387. The van der Waals surface area contributed by atoms with Crippen LogP contribution in [-0.4, -0.2) is 4.92 Å². The lowest BCUT2D eigenvalue weighted by atomic mass is 10.1. The van der Waals surface area contributed by atoms with Crippen molar-refractivity contribution in [1.82, 2.24) is 0 Å². The van der Waals surface area contributed by atoms with E-state index in [4.69, 9.17) is 0 Å². The predicted molar refractivity (Wildman–Crippen MR) is 76.3 cm³/mol. The fourth-order valence-electron chi connectivity index (χ4n) is 1.97. The first-order chi connectivity index (χ1) is 9.88. The van der Waals surface area contributed by atoms with Crippen LogP contribution in [0.3, 0.4) is 0 Å². The molecule has 2 aromatic rings. The largest absolute Gasteiger partial charge is 0.381 e. The third-order valence-electron chi connectivity index (χ3n) is 3.17. The number of hydrogen-bond acceptors (Lipinski definition) is 3. The van der Waals surface area contributed by atoms with Gasteiger partial charge in [-0.2, -0.15) is 4.39 Å². The Morgan fingerprint density at radius 1 is 1.14 bits per heavy atom. The molecule has 0 saturated heterocycles. The average molecular weight is 292 g/mol. The highest BCUT2D eigenvalue weighted by molar-refractivity contribution is 5.53. The lowest BCUT2D eigenvalue weighted by Gasteiger charge is -2.11. The Balaban J connectivity index is 2.25. The van der Waals surface area contributed by atoms with E-state index < -0.39 is 22.2 Å². The molecule has 0 aliphatic carbocycles. The van der Waals surface area contributed by atoms with Crippen LogP contribution in [0.4, 0.5) is 20.2 Å². The molecule has 0 heterocycles. The second kappa shape index (κ2) is 5.87. The summed E-state index contributed by atoms with van der Waals surface area (Å²) in [6, 6.07) is 7.22. The Morgan fingerprint density at radius 3 is 2.52 bits per heavy atom. The topological polar surface area (TPSA) is 55.2 Å². The van der Waals surface area contributed by atoms with E-state index in [9.17, 15) is 18.9 Å². The van der Waals surface area contributed by atoms with Crippen molar-refractivity contribution in [3.63, 3.8) is 0 Å². The van der Waals surface area contributed by atoms with Gasteiger partial charge in [-0.25, -0.2) is 4.39 Å². The summed E-state index contributed by atoms with van der Waals surface area (Å²) in [5.74, 6) is -1.98. The number of hydrogen-bond donors (Lipinski definition) is 1. The highest BCUT2D eigenvalue weighted by Crippen LogP contribution is 2.23. The molecule has 4 nitrogen and oxygen atoms in total. The molecule has 0 radical (unpaired) electrons. The normalized spacial score (nSPS) is 10.5. The summed E-state index contributed by atoms with van der Waals surface area (Å²) in [7, 11) is 0. The maximum atomic E-state index is 13.7. The zero-order valence-corrected chi connectivity index (χ0v) is 11.6. The summed E-state index contributed by atoms with van der Waals surface area (Å²) >= 11 is 0. The van der Waals surface area contributed by atoms with Crippen molar-refractivity contribution in [2.75, 3.05) is 5.32 Å². The number of benzene rings is 2. The van der Waals surface area contributed by atoms with E-state index in [2.05, 4.69) is 5.32 Å². The highest BCUT2D eigenvalue weighted by Gasteiger charge is 2.18. The molecular formula is C15H14F2N2O2. The van der Waals surface area contributed by atoms with Crippen molar-refractivity contribution in [2.45, 2.75) is 20.4 Å². The molecule has 0 aliphatic heterocycles. The third-order valence-corrected chi connectivity index (χ3v) is 3.17. The zero-order valence-electron chi connectivity index (χ0n) is 11.6. The molecule has 6 heteroatoms. The van der Waals surface area contributed by atoms with E-state index in [-0.39, 0.29) is 12.1 Å². The van der Waals surface area contributed by atoms with Crippen LogP contribution in [0.5, 0.6) is 0 Å². The van der Waals surface area contributed by atoms with E-state index in [0.717, 1.165) is 22.9 Å². The Kier molecular flexibility index (Phi) is 4.16. The van der Waals surface area contributed by atoms with E-state index in [1.807, 2.05) is 32.0 Å². The van der Waals surface area contributed by atoms with E-state index in [0.29, 0.717) is 6.07 Å². The average Bonchev–Trinajstić information content (AvgIpc) is 2.41. The van der Waals surface area contributed by atoms with Gasteiger partial charge in [0, 0.05) is 29.9 Å². The molecule has 110 valence electrons. The summed E-state index contributed by atoms with van der Waals surface area (Å²) in [5.41, 5.74) is 2.13. The quantitative estimate of drug-likeness (QED) is 0.681. The first kappa shape index (κ1) is 14.9. The number of halogens is 2. The number of nitro groups is 1. The molecule has 0 aromatic heterocycles. The van der Waals surface area contributed by atoms with E-state index in [1.54, 1.807) is 0 Å². The number of anilines is 1. The van der Waals surface area contributed by atoms with Gasteiger partial charge < -0.3 is 5.32 Å². The minimum atomic E-state index is -1.17. The minimum Gasteiger partial charge on any atom is -0.381 e. The number of rotatable bonds is 4. The number of aryl methyl sites for hydroxylation is 2. The van der Waals surface area contributed by atoms with Crippen molar-refractivity contribution in [3.05, 3.63) is 68.8 Å². The van der Waals surface area contributed by atoms with Gasteiger partial charge in [0.2, 0.25) is 5.82 Å². The summed E-state index contributed by atoms with van der Waals surface area (Å²) in [4.78, 5) is 9.82. The maximum absolute atomic E-state index is 13.7. The fraction of sp³-hybridized carbons (Fsp3) is 0.200. The molecule has 0 saturated carbocycles. The monoisotopic (exact) mass is 292 g/mol. The maximum Gasteiger partial charge on any atom is 0.305 e. The zero-order chi connectivity index (χ0) is 15.6.